The Hall–Kier alpha value is -3.29. The molecule has 1 aromatic heterocycles. The van der Waals surface area contributed by atoms with Gasteiger partial charge in [-0.3, -0.25) is 14.4 Å². The second-order valence-corrected chi connectivity index (χ2v) is 12.8. The molecule has 1 saturated carbocycles. The highest BCUT2D eigenvalue weighted by atomic mass is 32.1. The number of hydrogen-bond donors (Lipinski definition) is 3. The van der Waals surface area contributed by atoms with Crippen LogP contribution in [0, 0.1) is 42.9 Å². The molecule has 0 spiro atoms. The minimum atomic E-state index is -1.07. The van der Waals surface area contributed by atoms with Crippen molar-refractivity contribution in [2.45, 2.75) is 85.5 Å². The van der Waals surface area contributed by atoms with E-state index in [0.29, 0.717) is 12.8 Å². The summed E-state index contributed by atoms with van der Waals surface area (Å²) in [6.07, 6.45) is 0.210. The summed E-state index contributed by atoms with van der Waals surface area (Å²) in [7, 11) is 0. The molecule has 0 radical (unpaired) electrons. The Labute approximate surface area is 233 Å². The fourth-order valence-electron chi connectivity index (χ4n) is 5.08. The Kier molecular flexibility index (Phi) is 7.88. The molecular weight excluding hydrogens is 514 g/mol. The van der Waals surface area contributed by atoms with Gasteiger partial charge in [0.05, 0.1) is 28.3 Å². The van der Waals surface area contributed by atoms with Crippen LogP contribution in [0.1, 0.15) is 62.4 Å². The molecule has 1 saturated heterocycles. The van der Waals surface area contributed by atoms with Crippen LogP contribution in [0.15, 0.2) is 17.6 Å². The molecule has 10 heteroatoms. The first kappa shape index (κ1) is 28.7. The average molecular weight is 552 g/mol. The summed E-state index contributed by atoms with van der Waals surface area (Å²) in [5.74, 6) is -1.24. The number of carbonyl (C=O) groups is 3. The van der Waals surface area contributed by atoms with Gasteiger partial charge in [-0.05, 0) is 67.3 Å². The number of nitriles is 1. The molecule has 1 aromatic carbocycles. The predicted octanol–water partition coefficient (Wildman–Crippen LogP) is 3.15. The Balaban J connectivity index is 1.48. The Morgan fingerprint density at radius 3 is 2.49 bits per heavy atom. The Morgan fingerprint density at radius 1 is 1.23 bits per heavy atom. The van der Waals surface area contributed by atoms with E-state index in [2.05, 4.69) is 33.8 Å². The van der Waals surface area contributed by atoms with Crippen molar-refractivity contribution in [3.63, 3.8) is 0 Å². The summed E-state index contributed by atoms with van der Waals surface area (Å²) >= 11 is 1.60. The van der Waals surface area contributed by atoms with Gasteiger partial charge in [-0.1, -0.05) is 26.8 Å². The third-order valence-electron chi connectivity index (χ3n) is 7.78. The van der Waals surface area contributed by atoms with E-state index in [-0.39, 0.29) is 25.4 Å². The van der Waals surface area contributed by atoms with Crippen LogP contribution >= 0.6 is 11.3 Å². The summed E-state index contributed by atoms with van der Waals surface area (Å²) in [6, 6.07) is 4.43. The Bertz CT molecular complexity index is 1330. The summed E-state index contributed by atoms with van der Waals surface area (Å²) in [6.45, 7) is 11.8. The lowest BCUT2D eigenvalue weighted by Crippen LogP contribution is -2.58. The van der Waals surface area contributed by atoms with E-state index in [9.17, 15) is 24.8 Å². The maximum atomic E-state index is 13.7. The van der Waals surface area contributed by atoms with Gasteiger partial charge in [-0.15, -0.1) is 11.3 Å². The molecule has 3 atom stereocenters. The number of benzene rings is 1. The first-order valence-corrected chi connectivity index (χ1v) is 14.1. The van der Waals surface area contributed by atoms with Gasteiger partial charge >= 0.3 is 0 Å². The highest BCUT2D eigenvalue weighted by Gasteiger charge is 2.53. The Morgan fingerprint density at radius 2 is 1.92 bits per heavy atom. The molecule has 2 heterocycles. The van der Waals surface area contributed by atoms with Gasteiger partial charge in [0, 0.05) is 19.5 Å². The topological polar surface area (TPSA) is 135 Å². The lowest BCUT2D eigenvalue weighted by Gasteiger charge is -2.35. The minimum absolute atomic E-state index is 0.00377. The molecule has 4 rings (SSSR count). The quantitative estimate of drug-likeness (QED) is 0.484. The van der Waals surface area contributed by atoms with Crippen molar-refractivity contribution in [2.75, 3.05) is 6.54 Å². The van der Waals surface area contributed by atoms with Crippen molar-refractivity contribution in [1.82, 2.24) is 20.5 Å². The van der Waals surface area contributed by atoms with Crippen molar-refractivity contribution >= 4 is 29.1 Å². The van der Waals surface area contributed by atoms with Gasteiger partial charge < -0.3 is 20.6 Å². The van der Waals surface area contributed by atoms with Crippen molar-refractivity contribution < 1.29 is 19.5 Å². The monoisotopic (exact) mass is 551 g/mol. The largest absolute Gasteiger partial charge is 0.391 e. The standard InChI is InChI=1S/C29H37N5O4S/c1-16-10-21(23-18(3)32-15-39-23)17(2)9-19(16)12-31-25(36)22-11-20(35)13-34(22)26(37)24(28(4,5)6)33-27(38)29(14-30)7-8-29/h9-10,15,20,22,24,35H,7-8,11-13H2,1-6H3,(H,31,36)(H,33,38)/t20-,22+,24+/m1/s1. The van der Waals surface area contributed by atoms with E-state index < -0.39 is 40.8 Å². The highest BCUT2D eigenvalue weighted by Crippen LogP contribution is 2.45. The number of thiazole rings is 1. The van der Waals surface area contributed by atoms with E-state index in [1.807, 2.05) is 47.1 Å². The van der Waals surface area contributed by atoms with Crippen LogP contribution in [0.4, 0.5) is 0 Å². The van der Waals surface area contributed by atoms with Gasteiger partial charge in [0.25, 0.3) is 0 Å². The zero-order valence-corrected chi connectivity index (χ0v) is 24.2. The maximum absolute atomic E-state index is 13.7. The first-order chi connectivity index (χ1) is 18.3. The van der Waals surface area contributed by atoms with Gasteiger partial charge in [0.1, 0.15) is 17.5 Å². The van der Waals surface area contributed by atoms with E-state index in [1.165, 1.54) is 4.90 Å². The molecule has 1 aliphatic carbocycles. The van der Waals surface area contributed by atoms with Gasteiger partial charge in [-0.2, -0.15) is 5.26 Å². The number of nitrogens with one attached hydrogen (secondary N) is 2. The number of β-amino-alcohol motifs (C(OH)–C–C–N with tert-alkyl or cyclic N) is 1. The van der Waals surface area contributed by atoms with Crippen molar-refractivity contribution in [1.29, 1.82) is 5.26 Å². The van der Waals surface area contributed by atoms with E-state index >= 15 is 0 Å². The van der Waals surface area contributed by atoms with Gasteiger partial charge in [0.15, 0.2) is 0 Å². The van der Waals surface area contributed by atoms with Crippen molar-refractivity contribution in [3.05, 3.63) is 40.0 Å². The number of aliphatic hydroxyl groups excluding tert-OH is 1. The van der Waals surface area contributed by atoms with E-state index in [4.69, 9.17) is 0 Å². The van der Waals surface area contributed by atoms with Crippen LogP contribution in [-0.2, 0) is 20.9 Å². The second kappa shape index (κ2) is 10.7. The lowest BCUT2D eigenvalue weighted by atomic mass is 9.85. The number of amides is 3. The second-order valence-electron chi connectivity index (χ2n) is 11.9. The van der Waals surface area contributed by atoms with Crippen LogP contribution in [0.25, 0.3) is 10.4 Å². The highest BCUT2D eigenvalue weighted by molar-refractivity contribution is 7.13. The van der Waals surface area contributed by atoms with Crippen molar-refractivity contribution in [2.24, 2.45) is 10.8 Å². The predicted molar refractivity (Wildman–Crippen MR) is 148 cm³/mol. The van der Waals surface area contributed by atoms with Crippen molar-refractivity contribution in [3.8, 4) is 16.5 Å². The molecular formula is C29H37N5O4S. The average Bonchev–Trinajstić information content (AvgIpc) is 3.41. The number of rotatable bonds is 7. The number of aromatic nitrogens is 1. The zero-order valence-electron chi connectivity index (χ0n) is 23.4. The lowest BCUT2D eigenvalue weighted by molar-refractivity contribution is -0.144. The van der Waals surface area contributed by atoms with E-state index in [0.717, 1.165) is 32.8 Å². The summed E-state index contributed by atoms with van der Waals surface area (Å²) in [5, 5.41) is 25.6. The van der Waals surface area contributed by atoms with Crippen LogP contribution in [0.2, 0.25) is 0 Å². The summed E-state index contributed by atoms with van der Waals surface area (Å²) in [4.78, 5) is 46.7. The number of likely N-dealkylation sites (tertiary alicyclic amines) is 1. The third-order valence-corrected chi connectivity index (χ3v) is 8.74. The molecule has 39 heavy (non-hydrogen) atoms. The molecule has 2 aromatic rings. The van der Waals surface area contributed by atoms with Gasteiger partial charge in [-0.25, -0.2) is 4.98 Å². The fourth-order valence-corrected chi connectivity index (χ4v) is 5.96. The zero-order chi connectivity index (χ0) is 28.7. The minimum Gasteiger partial charge on any atom is -0.391 e. The number of carbonyl (C=O) groups excluding carboxylic acids is 3. The van der Waals surface area contributed by atoms with E-state index in [1.54, 1.807) is 11.3 Å². The van der Waals surface area contributed by atoms with Crippen LogP contribution < -0.4 is 10.6 Å². The SMILES string of the molecule is Cc1cc(-c2scnc2C)c(C)cc1CNC(=O)[C@@H]1C[C@@H](O)CN1C(=O)[C@H](NC(=O)C1(C#N)CC1)C(C)(C)C. The molecule has 1 aliphatic heterocycles. The molecule has 0 unspecified atom stereocenters. The smallest absolute Gasteiger partial charge is 0.246 e. The summed E-state index contributed by atoms with van der Waals surface area (Å²) in [5.41, 5.74) is 5.28. The maximum Gasteiger partial charge on any atom is 0.246 e. The molecule has 208 valence electrons. The molecule has 3 amide bonds. The molecule has 3 N–H and O–H groups in total. The molecule has 9 nitrogen and oxygen atoms in total. The normalized spacial score (nSPS) is 20.7. The molecule has 2 aliphatic rings. The van der Waals surface area contributed by atoms with Crippen LogP contribution in [0.5, 0.6) is 0 Å². The number of hydrogen-bond acceptors (Lipinski definition) is 7. The number of nitrogens with zero attached hydrogens (tertiary/aromatic N) is 3. The molecule has 0 bridgehead atoms. The first-order valence-electron chi connectivity index (χ1n) is 13.3. The number of aliphatic hydroxyl groups is 1. The van der Waals surface area contributed by atoms with Gasteiger partial charge in [0.2, 0.25) is 17.7 Å². The fraction of sp³-hybridized carbons (Fsp3) is 0.552. The third kappa shape index (κ3) is 5.85. The summed E-state index contributed by atoms with van der Waals surface area (Å²) < 4.78 is 0. The van der Waals surface area contributed by atoms with Crippen LogP contribution in [0.3, 0.4) is 0 Å². The van der Waals surface area contributed by atoms with Crippen LogP contribution in [-0.4, -0.2) is 57.4 Å². The molecule has 2 fully saturated rings. The number of aryl methyl sites for hydroxylation is 3.